The molecule has 1 heterocycles. The van der Waals surface area contributed by atoms with Crippen molar-refractivity contribution in [2.45, 2.75) is 38.3 Å². The molecule has 2 unspecified atom stereocenters. The summed E-state index contributed by atoms with van der Waals surface area (Å²) in [6.07, 6.45) is 0.669. The molecule has 0 spiro atoms. The molecule has 4 nitrogen and oxygen atoms in total. The zero-order valence-electron chi connectivity index (χ0n) is 12.1. The fraction of sp³-hybridized carbons (Fsp3) is 0.533. The molecule has 2 rings (SSSR count). The van der Waals surface area contributed by atoms with E-state index >= 15 is 0 Å². The van der Waals surface area contributed by atoms with Crippen LogP contribution in [0.4, 0.5) is 0 Å². The van der Waals surface area contributed by atoms with Crippen molar-refractivity contribution in [1.82, 2.24) is 5.32 Å². The molecule has 0 bridgehead atoms. The molecule has 0 aromatic heterocycles. The number of halogens is 1. The number of nitrogens with one attached hydrogen (secondary N) is 1. The Bertz CT molecular complexity index is 450. The zero-order valence-corrected chi connectivity index (χ0v) is 12.9. The van der Waals surface area contributed by atoms with Crippen molar-refractivity contribution >= 4 is 18.4 Å². The van der Waals surface area contributed by atoms with E-state index in [-0.39, 0.29) is 30.5 Å². The van der Waals surface area contributed by atoms with Crippen LogP contribution >= 0.6 is 12.4 Å². The number of hydrogen-bond donors (Lipinski definition) is 1. The summed E-state index contributed by atoms with van der Waals surface area (Å²) in [7, 11) is 1.41. The SMILES string of the molecule is COC(=O)C1CC(Oc2ccccc2C(C)C)CN1.Cl. The van der Waals surface area contributed by atoms with Crippen LogP contribution in [-0.4, -0.2) is 31.8 Å². The number of rotatable bonds is 4. The average molecular weight is 300 g/mol. The monoisotopic (exact) mass is 299 g/mol. The summed E-state index contributed by atoms with van der Waals surface area (Å²) in [5.41, 5.74) is 1.20. The summed E-state index contributed by atoms with van der Waals surface area (Å²) in [5.74, 6) is 1.11. The molecule has 112 valence electrons. The Labute approximate surface area is 126 Å². The lowest BCUT2D eigenvalue weighted by Crippen LogP contribution is -2.31. The highest BCUT2D eigenvalue weighted by molar-refractivity contribution is 5.85. The summed E-state index contributed by atoms with van der Waals surface area (Å²) in [4.78, 5) is 11.4. The van der Waals surface area contributed by atoms with E-state index in [9.17, 15) is 4.79 Å². The van der Waals surface area contributed by atoms with Crippen molar-refractivity contribution in [1.29, 1.82) is 0 Å². The van der Waals surface area contributed by atoms with Crippen LogP contribution in [0, 0.1) is 0 Å². The topological polar surface area (TPSA) is 47.6 Å². The molecule has 5 heteroatoms. The largest absolute Gasteiger partial charge is 0.489 e. The van der Waals surface area contributed by atoms with Crippen LogP contribution in [0.15, 0.2) is 24.3 Å². The number of benzene rings is 1. The summed E-state index contributed by atoms with van der Waals surface area (Å²) in [6, 6.07) is 7.82. The van der Waals surface area contributed by atoms with Crippen LogP contribution in [-0.2, 0) is 9.53 Å². The van der Waals surface area contributed by atoms with Gasteiger partial charge in [-0.3, -0.25) is 4.79 Å². The van der Waals surface area contributed by atoms with Gasteiger partial charge in [0, 0.05) is 13.0 Å². The first-order valence-corrected chi connectivity index (χ1v) is 6.68. The minimum absolute atomic E-state index is 0. The minimum atomic E-state index is -0.249. The van der Waals surface area contributed by atoms with Gasteiger partial charge in [0.15, 0.2) is 0 Å². The normalized spacial score (nSPS) is 21.4. The second-order valence-corrected chi connectivity index (χ2v) is 5.15. The Morgan fingerprint density at radius 2 is 2.05 bits per heavy atom. The van der Waals surface area contributed by atoms with Crippen LogP contribution in [0.1, 0.15) is 31.7 Å². The summed E-state index contributed by atoms with van der Waals surface area (Å²) >= 11 is 0. The van der Waals surface area contributed by atoms with Gasteiger partial charge in [-0.1, -0.05) is 32.0 Å². The van der Waals surface area contributed by atoms with E-state index in [1.165, 1.54) is 12.7 Å². The Morgan fingerprint density at radius 3 is 2.70 bits per heavy atom. The molecule has 1 aliphatic heterocycles. The highest BCUT2D eigenvalue weighted by atomic mass is 35.5. The molecule has 1 aliphatic rings. The fourth-order valence-corrected chi connectivity index (χ4v) is 2.36. The number of hydrogen-bond acceptors (Lipinski definition) is 4. The molecule has 1 fully saturated rings. The minimum Gasteiger partial charge on any atom is -0.489 e. The zero-order chi connectivity index (χ0) is 13.8. The molecule has 1 saturated heterocycles. The second-order valence-electron chi connectivity index (χ2n) is 5.15. The van der Waals surface area contributed by atoms with E-state index in [1.54, 1.807) is 0 Å². The highest BCUT2D eigenvalue weighted by Gasteiger charge is 2.31. The van der Waals surface area contributed by atoms with E-state index < -0.39 is 0 Å². The Morgan fingerprint density at radius 1 is 1.35 bits per heavy atom. The summed E-state index contributed by atoms with van der Waals surface area (Å²) in [5, 5.41) is 3.13. The Hall–Kier alpha value is -1.26. The van der Waals surface area contributed by atoms with Crippen molar-refractivity contribution < 1.29 is 14.3 Å². The maximum atomic E-state index is 11.4. The molecule has 1 N–H and O–H groups in total. The number of para-hydroxylation sites is 1. The van der Waals surface area contributed by atoms with E-state index in [4.69, 9.17) is 9.47 Å². The molecule has 0 saturated carbocycles. The Balaban J connectivity index is 0.00000200. The van der Waals surface area contributed by atoms with Gasteiger partial charge in [0.05, 0.1) is 7.11 Å². The van der Waals surface area contributed by atoms with Gasteiger partial charge in [-0.25, -0.2) is 0 Å². The van der Waals surface area contributed by atoms with Crippen molar-refractivity contribution in [2.75, 3.05) is 13.7 Å². The molecule has 0 amide bonds. The predicted octanol–water partition coefficient (Wildman–Crippen LogP) is 2.51. The first kappa shape index (κ1) is 16.8. The van der Waals surface area contributed by atoms with Gasteiger partial charge in [0.25, 0.3) is 0 Å². The molecule has 20 heavy (non-hydrogen) atoms. The van der Waals surface area contributed by atoms with Crippen molar-refractivity contribution in [3.05, 3.63) is 29.8 Å². The van der Waals surface area contributed by atoms with E-state index in [0.717, 1.165) is 5.75 Å². The number of carbonyl (C=O) groups is 1. The van der Waals surface area contributed by atoms with Gasteiger partial charge in [0.2, 0.25) is 0 Å². The van der Waals surface area contributed by atoms with Crippen molar-refractivity contribution in [2.24, 2.45) is 0 Å². The maximum absolute atomic E-state index is 11.4. The maximum Gasteiger partial charge on any atom is 0.323 e. The third kappa shape index (κ3) is 3.87. The highest BCUT2D eigenvalue weighted by Crippen LogP contribution is 2.28. The second kappa shape index (κ2) is 7.50. The van der Waals surface area contributed by atoms with Gasteiger partial charge in [-0.05, 0) is 17.5 Å². The molecule has 0 aliphatic carbocycles. The third-order valence-corrected chi connectivity index (χ3v) is 3.41. The van der Waals surface area contributed by atoms with Crippen molar-refractivity contribution in [3.63, 3.8) is 0 Å². The average Bonchev–Trinajstić information content (AvgIpc) is 2.86. The lowest BCUT2D eigenvalue weighted by Gasteiger charge is -2.17. The first-order valence-electron chi connectivity index (χ1n) is 6.68. The van der Waals surface area contributed by atoms with Gasteiger partial charge in [0.1, 0.15) is 17.9 Å². The van der Waals surface area contributed by atoms with Crippen molar-refractivity contribution in [3.8, 4) is 5.75 Å². The first-order chi connectivity index (χ1) is 9.11. The quantitative estimate of drug-likeness (QED) is 0.868. The number of ether oxygens (including phenoxy) is 2. The third-order valence-electron chi connectivity index (χ3n) is 3.41. The van der Waals surface area contributed by atoms with Crippen LogP contribution in [0.2, 0.25) is 0 Å². The number of methoxy groups -OCH3 is 1. The lowest BCUT2D eigenvalue weighted by atomic mass is 10.0. The van der Waals surface area contributed by atoms with Gasteiger partial charge >= 0.3 is 5.97 Å². The lowest BCUT2D eigenvalue weighted by molar-refractivity contribution is -0.142. The fourth-order valence-electron chi connectivity index (χ4n) is 2.36. The Kier molecular flexibility index (Phi) is 6.30. The summed E-state index contributed by atoms with van der Waals surface area (Å²) < 4.78 is 10.8. The standard InChI is InChI=1S/C15H21NO3.ClH/c1-10(2)12-6-4-5-7-14(12)19-11-8-13(16-9-11)15(17)18-3;/h4-7,10-11,13,16H,8-9H2,1-3H3;1H. The van der Waals surface area contributed by atoms with E-state index in [1.807, 2.05) is 18.2 Å². The molecule has 2 atom stereocenters. The molecular weight excluding hydrogens is 278 g/mol. The summed E-state index contributed by atoms with van der Waals surface area (Å²) in [6.45, 7) is 4.96. The molecule has 1 aromatic carbocycles. The molecule has 1 aromatic rings. The van der Waals surface area contributed by atoms with Gasteiger partial charge in [-0.15, -0.1) is 12.4 Å². The van der Waals surface area contributed by atoms with Crippen LogP contribution < -0.4 is 10.1 Å². The molecular formula is C15H22ClNO3. The number of esters is 1. The van der Waals surface area contributed by atoms with E-state index in [2.05, 4.69) is 25.2 Å². The number of carbonyl (C=O) groups excluding carboxylic acids is 1. The van der Waals surface area contributed by atoms with E-state index in [0.29, 0.717) is 18.9 Å². The molecule has 0 radical (unpaired) electrons. The van der Waals surface area contributed by atoms with Crippen LogP contribution in [0.25, 0.3) is 0 Å². The van der Waals surface area contributed by atoms with Crippen LogP contribution in [0.3, 0.4) is 0 Å². The van der Waals surface area contributed by atoms with Crippen LogP contribution in [0.5, 0.6) is 5.75 Å². The van der Waals surface area contributed by atoms with Gasteiger partial charge in [-0.2, -0.15) is 0 Å². The predicted molar refractivity (Wildman–Crippen MR) is 80.6 cm³/mol. The smallest absolute Gasteiger partial charge is 0.323 e. The van der Waals surface area contributed by atoms with Gasteiger partial charge < -0.3 is 14.8 Å².